The van der Waals surface area contributed by atoms with Gasteiger partial charge in [0.1, 0.15) is 11.3 Å². The number of nitrogen functional groups attached to an aromatic ring is 1. The molecule has 0 spiro atoms. The van der Waals surface area contributed by atoms with Gasteiger partial charge in [0.15, 0.2) is 5.82 Å². The third-order valence-electron chi connectivity index (χ3n) is 6.58. The van der Waals surface area contributed by atoms with Crippen LogP contribution in [0.2, 0.25) is 0 Å². The molecule has 5 rings (SSSR count). The van der Waals surface area contributed by atoms with E-state index in [4.69, 9.17) is 15.7 Å². The van der Waals surface area contributed by atoms with Crippen LogP contribution in [0.15, 0.2) is 42.7 Å². The molecule has 0 bridgehead atoms. The molecule has 4 aromatic rings. The number of benzene rings is 1. The largest absolute Gasteiger partial charge is 0.465 e. The van der Waals surface area contributed by atoms with Crippen LogP contribution < -0.4 is 5.73 Å². The Morgan fingerprint density at radius 3 is 2.70 bits per heavy atom. The van der Waals surface area contributed by atoms with Crippen molar-refractivity contribution >= 4 is 33.8 Å². The van der Waals surface area contributed by atoms with Crippen molar-refractivity contribution in [2.75, 3.05) is 18.8 Å². The number of imidazole rings is 1. The van der Waals surface area contributed by atoms with E-state index in [9.17, 15) is 9.90 Å². The van der Waals surface area contributed by atoms with Crippen LogP contribution in [0, 0.1) is 5.92 Å². The Balaban J connectivity index is 1.59. The Hall–Kier alpha value is -3.68. The lowest BCUT2D eigenvalue weighted by molar-refractivity contribution is 0.121. The molecule has 0 atom stereocenters. The number of aryl methyl sites for hydroxylation is 1. The number of fused-ring (bicyclic) bond motifs is 3. The van der Waals surface area contributed by atoms with Crippen molar-refractivity contribution in [2.24, 2.45) is 5.92 Å². The molecule has 0 radical (unpaired) electrons. The van der Waals surface area contributed by atoms with Gasteiger partial charge in [0, 0.05) is 49.4 Å². The van der Waals surface area contributed by atoms with Crippen LogP contribution in [0.3, 0.4) is 0 Å². The van der Waals surface area contributed by atoms with Gasteiger partial charge in [-0.3, -0.25) is 4.98 Å². The van der Waals surface area contributed by atoms with Crippen LogP contribution in [0.1, 0.15) is 32.0 Å². The highest BCUT2D eigenvalue weighted by Gasteiger charge is 2.25. The van der Waals surface area contributed by atoms with Crippen LogP contribution in [0.5, 0.6) is 0 Å². The van der Waals surface area contributed by atoms with Gasteiger partial charge in [-0.25, -0.2) is 14.8 Å². The van der Waals surface area contributed by atoms with Gasteiger partial charge in [-0.1, -0.05) is 25.1 Å². The molecule has 0 unspecified atom stereocenters. The molecule has 0 aliphatic carbocycles. The second kappa shape index (κ2) is 8.69. The van der Waals surface area contributed by atoms with E-state index >= 15 is 0 Å². The number of piperidine rings is 1. The predicted octanol–water partition coefficient (Wildman–Crippen LogP) is 4.57. The van der Waals surface area contributed by atoms with Crippen LogP contribution in [-0.4, -0.2) is 48.7 Å². The minimum Gasteiger partial charge on any atom is -0.465 e. The highest BCUT2D eigenvalue weighted by atomic mass is 16.4. The smallest absolute Gasteiger partial charge is 0.407 e. The van der Waals surface area contributed by atoms with Crippen molar-refractivity contribution in [3.63, 3.8) is 0 Å². The first-order valence-electron chi connectivity index (χ1n) is 11.5. The Labute approximate surface area is 192 Å². The maximum absolute atomic E-state index is 11.3. The summed E-state index contributed by atoms with van der Waals surface area (Å²) in [5.74, 6) is 1.86. The number of rotatable bonds is 5. The van der Waals surface area contributed by atoms with Crippen molar-refractivity contribution < 1.29 is 9.90 Å². The fourth-order valence-corrected chi connectivity index (χ4v) is 4.85. The number of likely N-dealkylation sites (tertiary alicyclic amines) is 1. The molecule has 8 nitrogen and oxygen atoms in total. The summed E-state index contributed by atoms with van der Waals surface area (Å²) in [6.45, 7) is 4.11. The van der Waals surface area contributed by atoms with E-state index in [2.05, 4.69) is 34.7 Å². The normalized spacial score (nSPS) is 14.9. The number of pyridine rings is 2. The summed E-state index contributed by atoms with van der Waals surface area (Å²) in [5.41, 5.74) is 11.1. The Morgan fingerprint density at radius 2 is 2.00 bits per heavy atom. The lowest BCUT2D eigenvalue weighted by atomic mass is 9.96. The predicted molar refractivity (Wildman–Crippen MR) is 129 cm³/mol. The molecule has 33 heavy (non-hydrogen) atoms. The van der Waals surface area contributed by atoms with Crippen molar-refractivity contribution in [1.29, 1.82) is 0 Å². The first kappa shape index (κ1) is 21.2. The second-order valence-corrected chi connectivity index (χ2v) is 8.77. The molecule has 0 saturated carbocycles. The van der Waals surface area contributed by atoms with Gasteiger partial charge in [0.2, 0.25) is 0 Å². The van der Waals surface area contributed by atoms with Gasteiger partial charge >= 0.3 is 6.09 Å². The second-order valence-electron chi connectivity index (χ2n) is 8.77. The fourth-order valence-electron chi connectivity index (χ4n) is 4.85. The lowest BCUT2D eigenvalue weighted by Gasteiger charge is -2.30. The van der Waals surface area contributed by atoms with Gasteiger partial charge < -0.3 is 20.3 Å². The minimum absolute atomic E-state index is 0.396. The number of nitrogens with zero attached hydrogens (tertiary/aromatic N) is 5. The molecule has 3 aromatic heterocycles. The summed E-state index contributed by atoms with van der Waals surface area (Å²) in [4.78, 5) is 26.6. The number of hydrogen-bond donors (Lipinski definition) is 2. The Kier molecular flexibility index (Phi) is 5.58. The molecule has 170 valence electrons. The lowest BCUT2D eigenvalue weighted by Crippen LogP contribution is -2.38. The van der Waals surface area contributed by atoms with E-state index in [1.165, 1.54) is 4.90 Å². The van der Waals surface area contributed by atoms with E-state index < -0.39 is 6.09 Å². The van der Waals surface area contributed by atoms with Crippen LogP contribution in [-0.2, 0) is 13.0 Å². The minimum atomic E-state index is -0.831. The molecule has 1 aliphatic heterocycles. The zero-order valence-corrected chi connectivity index (χ0v) is 18.7. The number of amides is 1. The maximum Gasteiger partial charge on any atom is 0.407 e. The van der Waals surface area contributed by atoms with Gasteiger partial charge in [0.25, 0.3) is 0 Å². The summed E-state index contributed by atoms with van der Waals surface area (Å²) in [6, 6.07) is 10.2. The van der Waals surface area contributed by atoms with E-state index in [1.54, 1.807) is 6.20 Å². The average Bonchev–Trinajstić information content (AvgIpc) is 3.19. The third kappa shape index (κ3) is 3.97. The summed E-state index contributed by atoms with van der Waals surface area (Å²) in [5, 5.41) is 10.3. The topological polar surface area (TPSA) is 110 Å². The fraction of sp³-hybridized carbons (Fsp3) is 0.360. The molecule has 3 N–H and O–H groups in total. The zero-order chi connectivity index (χ0) is 22.9. The van der Waals surface area contributed by atoms with Crippen molar-refractivity contribution in [3.05, 3.63) is 48.5 Å². The van der Waals surface area contributed by atoms with Gasteiger partial charge in [-0.05, 0) is 42.9 Å². The molecular formula is C25H28N6O2. The van der Waals surface area contributed by atoms with E-state index in [1.807, 2.05) is 18.3 Å². The standard InChI is InChI=1S/C25H28N6O2/c1-2-4-21-29-22-23(31(21)15-16-8-11-30(12-9-16)25(32)33)19-7-6-17(13-20(19)28-24(22)26)18-5-3-10-27-14-18/h3,5-7,10,13-14,16H,2,4,8-9,11-12,15H2,1H3,(H2,26,28)(H,32,33). The Bertz CT molecular complexity index is 1310. The average molecular weight is 445 g/mol. The van der Waals surface area contributed by atoms with Gasteiger partial charge in [0.05, 0.1) is 11.0 Å². The van der Waals surface area contributed by atoms with Gasteiger partial charge in [-0.2, -0.15) is 0 Å². The van der Waals surface area contributed by atoms with Crippen LogP contribution in [0.4, 0.5) is 10.6 Å². The zero-order valence-electron chi connectivity index (χ0n) is 18.7. The van der Waals surface area contributed by atoms with Crippen LogP contribution >= 0.6 is 0 Å². The summed E-state index contributed by atoms with van der Waals surface area (Å²) < 4.78 is 2.31. The molecule has 1 saturated heterocycles. The number of carbonyl (C=O) groups is 1. The third-order valence-corrected chi connectivity index (χ3v) is 6.58. The van der Waals surface area contributed by atoms with E-state index in [0.29, 0.717) is 24.8 Å². The maximum atomic E-state index is 11.3. The number of carboxylic acid groups (broad SMARTS) is 1. The molecular weight excluding hydrogens is 416 g/mol. The molecule has 1 fully saturated rings. The highest BCUT2D eigenvalue weighted by molar-refractivity contribution is 6.07. The molecule has 1 aliphatic rings. The van der Waals surface area contributed by atoms with Crippen molar-refractivity contribution in [2.45, 2.75) is 39.2 Å². The SMILES string of the molecule is CCCc1nc2c(N)nc3cc(-c4cccnc4)ccc3c2n1CC1CCN(C(=O)O)CC1. The quantitative estimate of drug-likeness (QED) is 0.466. The van der Waals surface area contributed by atoms with E-state index in [0.717, 1.165) is 71.1 Å². The van der Waals surface area contributed by atoms with E-state index in [-0.39, 0.29) is 0 Å². The van der Waals surface area contributed by atoms with Crippen molar-refractivity contribution in [1.82, 2.24) is 24.4 Å². The number of nitrogens with two attached hydrogens (primary N) is 1. The molecule has 1 aromatic carbocycles. The Morgan fingerprint density at radius 1 is 1.18 bits per heavy atom. The molecule has 1 amide bonds. The summed E-state index contributed by atoms with van der Waals surface area (Å²) >= 11 is 0. The molecule has 4 heterocycles. The summed E-state index contributed by atoms with van der Waals surface area (Å²) in [7, 11) is 0. The van der Waals surface area contributed by atoms with Gasteiger partial charge in [-0.15, -0.1) is 0 Å². The molecule has 8 heteroatoms. The first-order chi connectivity index (χ1) is 16.0. The monoisotopic (exact) mass is 444 g/mol. The first-order valence-corrected chi connectivity index (χ1v) is 11.5. The van der Waals surface area contributed by atoms with Crippen molar-refractivity contribution in [3.8, 4) is 11.1 Å². The van der Waals surface area contributed by atoms with Crippen LogP contribution in [0.25, 0.3) is 33.1 Å². The number of hydrogen-bond acceptors (Lipinski definition) is 5. The number of aromatic nitrogens is 4. The summed E-state index contributed by atoms with van der Waals surface area (Å²) in [6.07, 6.45) is 6.31. The highest BCUT2D eigenvalue weighted by Crippen LogP contribution is 2.33. The number of anilines is 1.